The van der Waals surface area contributed by atoms with Crippen LogP contribution in [0, 0.1) is 0 Å². The summed E-state index contributed by atoms with van der Waals surface area (Å²) in [7, 11) is 2.11. The Kier molecular flexibility index (Phi) is 5.42. The van der Waals surface area contributed by atoms with Crippen LogP contribution in [0.25, 0.3) is 0 Å². The Bertz CT molecular complexity index is 504. The van der Waals surface area contributed by atoms with Crippen molar-refractivity contribution < 1.29 is 4.79 Å². The number of rotatable bonds is 7. The van der Waals surface area contributed by atoms with Crippen molar-refractivity contribution in [3.05, 3.63) is 22.8 Å². The van der Waals surface area contributed by atoms with E-state index in [1.165, 1.54) is 12.8 Å². The molecule has 0 spiro atoms. The normalized spacial score (nSPS) is 15.9. The summed E-state index contributed by atoms with van der Waals surface area (Å²) in [6.07, 6.45) is 2.53. The topological polar surface area (TPSA) is 57.3 Å². The van der Waals surface area contributed by atoms with Crippen LogP contribution in [0.4, 0.5) is 5.82 Å². The summed E-state index contributed by atoms with van der Waals surface area (Å²) in [5.41, 5.74) is 0.534. The second-order valence-corrected chi connectivity index (χ2v) is 5.94. The van der Waals surface area contributed by atoms with Gasteiger partial charge in [0.05, 0.1) is 0 Å². The number of aromatic nitrogens is 1. The van der Waals surface area contributed by atoms with Gasteiger partial charge in [0.1, 0.15) is 11.0 Å². The number of carbonyl (C=O) groups is 1. The minimum Gasteiger partial charge on any atom is -0.370 e. The predicted molar refractivity (Wildman–Crippen MR) is 86.0 cm³/mol. The van der Waals surface area contributed by atoms with Gasteiger partial charge in [-0.3, -0.25) is 9.69 Å². The Labute approximate surface area is 131 Å². The summed E-state index contributed by atoms with van der Waals surface area (Å²) >= 11 is 5.95. The number of halogens is 1. The third-order valence-electron chi connectivity index (χ3n) is 3.79. The second-order valence-electron chi connectivity index (χ2n) is 5.55. The highest BCUT2D eigenvalue weighted by atomic mass is 35.5. The zero-order valence-corrected chi connectivity index (χ0v) is 13.6. The van der Waals surface area contributed by atoms with E-state index < -0.39 is 0 Å². The van der Waals surface area contributed by atoms with E-state index in [-0.39, 0.29) is 5.91 Å². The Balaban J connectivity index is 1.93. The first-order valence-electron chi connectivity index (χ1n) is 7.42. The highest BCUT2D eigenvalue weighted by Crippen LogP contribution is 2.26. The van der Waals surface area contributed by atoms with Crippen LogP contribution >= 0.6 is 11.6 Å². The monoisotopic (exact) mass is 310 g/mol. The number of pyridine rings is 1. The molecule has 1 aromatic heterocycles. The maximum Gasteiger partial charge on any atom is 0.251 e. The number of likely N-dealkylation sites (N-methyl/N-ethyl adjacent to an activating group) is 1. The lowest BCUT2D eigenvalue weighted by molar-refractivity contribution is 0.0939. The van der Waals surface area contributed by atoms with Crippen molar-refractivity contribution in [2.75, 3.05) is 25.5 Å². The largest absolute Gasteiger partial charge is 0.370 e. The summed E-state index contributed by atoms with van der Waals surface area (Å²) in [6, 6.07) is 4.33. The van der Waals surface area contributed by atoms with E-state index in [1.54, 1.807) is 12.1 Å². The van der Waals surface area contributed by atoms with Crippen molar-refractivity contribution >= 4 is 23.3 Å². The number of hydrogen-bond donors (Lipinski definition) is 2. The molecule has 1 aliphatic carbocycles. The van der Waals surface area contributed by atoms with Crippen LogP contribution < -0.4 is 10.6 Å². The fourth-order valence-electron chi connectivity index (χ4n) is 2.23. The van der Waals surface area contributed by atoms with E-state index in [9.17, 15) is 4.79 Å². The lowest BCUT2D eigenvalue weighted by Crippen LogP contribution is -2.41. The molecule has 21 heavy (non-hydrogen) atoms. The predicted octanol–water partition coefficient (Wildman–Crippen LogP) is 2.38. The molecule has 5 nitrogen and oxygen atoms in total. The summed E-state index contributed by atoms with van der Waals surface area (Å²) in [4.78, 5) is 18.7. The molecule has 1 saturated carbocycles. The average molecular weight is 311 g/mol. The van der Waals surface area contributed by atoms with Crippen molar-refractivity contribution in [1.82, 2.24) is 15.2 Å². The molecule has 1 fully saturated rings. The van der Waals surface area contributed by atoms with Crippen LogP contribution in [0.3, 0.4) is 0 Å². The lowest BCUT2D eigenvalue weighted by atomic mass is 10.2. The average Bonchev–Trinajstić information content (AvgIpc) is 3.27. The minimum absolute atomic E-state index is 0.116. The van der Waals surface area contributed by atoms with E-state index in [0.717, 1.165) is 6.54 Å². The van der Waals surface area contributed by atoms with Crippen molar-refractivity contribution in [3.8, 4) is 0 Å². The smallest absolute Gasteiger partial charge is 0.251 e. The number of anilines is 1. The Morgan fingerprint density at radius 1 is 1.52 bits per heavy atom. The Morgan fingerprint density at radius 2 is 2.24 bits per heavy atom. The maximum atomic E-state index is 12.2. The lowest BCUT2D eigenvalue weighted by Gasteiger charge is -2.24. The van der Waals surface area contributed by atoms with E-state index in [1.807, 2.05) is 6.92 Å². The van der Waals surface area contributed by atoms with Gasteiger partial charge >= 0.3 is 0 Å². The highest BCUT2D eigenvalue weighted by Gasteiger charge is 2.29. The molecule has 1 aromatic rings. The molecule has 1 amide bonds. The SMILES string of the molecule is CCNc1cc(C(=O)NCC(C)N(C)C2CC2)cc(Cl)n1. The number of carbonyl (C=O) groups excluding carboxylic acids is 1. The molecular formula is C15H23ClN4O. The molecule has 2 rings (SSSR count). The summed E-state index contributed by atoms with van der Waals surface area (Å²) in [6.45, 7) is 5.46. The molecule has 2 N–H and O–H groups in total. The fourth-order valence-corrected chi connectivity index (χ4v) is 2.44. The summed E-state index contributed by atoms with van der Waals surface area (Å²) in [5, 5.41) is 6.35. The van der Waals surface area contributed by atoms with Gasteiger partial charge in [0.15, 0.2) is 0 Å². The van der Waals surface area contributed by atoms with Crippen LogP contribution in [0.2, 0.25) is 5.15 Å². The van der Waals surface area contributed by atoms with Crippen LogP contribution in [-0.4, -0.2) is 48.0 Å². The van der Waals surface area contributed by atoms with Gasteiger partial charge in [0.25, 0.3) is 5.91 Å². The molecule has 0 aliphatic heterocycles. The zero-order chi connectivity index (χ0) is 15.4. The Hall–Kier alpha value is -1.33. The van der Waals surface area contributed by atoms with E-state index in [4.69, 9.17) is 11.6 Å². The quantitative estimate of drug-likeness (QED) is 0.759. The third-order valence-corrected chi connectivity index (χ3v) is 3.98. The van der Waals surface area contributed by atoms with Gasteiger partial charge in [-0.2, -0.15) is 0 Å². The first-order chi connectivity index (χ1) is 10.0. The van der Waals surface area contributed by atoms with E-state index in [0.29, 0.717) is 35.2 Å². The number of hydrogen-bond acceptors (Lipinski definition) is 4. The van der Waals surface area contributed by atoms with Gasteiger partial charge < -0.3 is 10.6 Å². The molecule has 6 heteroatoms. The number of amides is 1. The molecule has 0 radical (unpaired) electrons. The van der Waals surface area contributed by atoms with Crippen LogP contribution in [-0.2, 0) is 0 Å². The summed E-state index contributed by atoms with van der Waals surface area (Å²) < 4.78 is 0. The molecule has 0 aromatic carbocycles. The summed E-state index contributed by atoms with van der Waals surface area (Å²) in [5.74, 6) is 0.507. The molecule has 0 saturated heterocycles. The zero-order valence-electron chi connectivity index (χ0n) is 12.8. The molecule has 1 heterocycles. The van der Waals surface area contributed by atoms with Gasteiger partial charge in [0, 0.05) is 30.7 Å². The van der Waals surface area contributed by atoms with Gasteiger partial charge in [-0.05, 0) is 45.9 Å². The van der Waals surface area contributed by atoms with Gasteiger partial charge in [0.2, 0.25) is 0 Å². The standard InChI is InChI=1S/C15H23ClN4O/c1-4-17-14-8-11(7-13(16)19-14)15(21)18-9-10(2)20(3)12-5-6-12/h7-8,10,12H,4-6,9H2,1-3H3,(H,17,19)(H,18,21). The molecule has 1 unspecified atom stereocenters. The van der Waals surface area contributed by atoms with Crippen LogP contribution in [0.15, 0.2) is 12.1 Å². The number of nitrogens with zero attached hydrogens (tertiary/aromatic N) is 2. The molecule has 116 valence electrons. The molecule has 1 atom stereocenters. The van der Waals surface area contributed by atoms with Crippen molar-refractivity contribution in [2.45, 2.75) is 38.8 Å². The van der Waals surface area contributed by atoms with Crippen LogP contribution in [0.5, 0.6) is 0 Å². The first kappa shape index (κ1) is 16.0. The molecule has 0 bridgehead atoms. The van der Waals surface area contributed by atoms with Crippen molar-refractivity contribution in [3.63, 3.8) is 0 Å². The van der Waals surface area contributed by atoms with E-state index in [2.05, 4.69) is 34.5 Å². The number of nitrogens with one attached hydrogen (secondary N) is 2. The Morgan fingerprint density at radius 3 is 2.86 bits per heavy atom. The minimum atomic E-state index is -0.116. The van der Waals surface area contributed by atoms with Gasteiger partial charge in [-0.1, -0.05) is 11.6 Å². The highest BCUT2D eigenvalue weighted by molar-refractivity contribution is 6.29. The molecule has 1 aliphatic rings. The molecular weight excluding hydrogens is 288 g/mol. The van der Waals surface area contributed by atoms with Crippen molar-refractivity contribution in [1.29, 1.82) is 0 Å². The fraction of sp³-hybridized carbons (Fsp3) is 0.600. The van der Waals surface area contributed by atoms with Gasteiger partial charge in [-0.25, -0.2) is 4.98 Å². The second kappa shape index (κ2) is 7.09. The van der Waals surface area contributed by atoms with Crippen molar-refractivity contribution in [2.24, 2.45) is 0 Å². The maximum absolute atomic E-state index is 12.2. The van der Waals surface area contributed by atoms with E-state index >= 15 is 0 Å². The third kappa shape index (κ3) is 4.58. The first-order valence-corrected chi connectivity index (χ1v) is 7.80. The van der Waals surface area contributed by atoms with Gasteiger partial charge in [-0.15, -0.1) is 0 Å². The van der Waals surface area contributed by atoms with Crippen LogP contribution in [0.1, 0.15) is 37.0 Å².